The number of amides is 1. The summed E-state index contributed by atoms with van der Waals surface area (Å²) in [6, 6.07) is 7.13. The van der Waals surface area contributed by atoms with E-state index in [0.29, 0.717) is 21.4 Å². The molecule has 4 nitrogen and oxygen atoms in total. The minimum atomic E-state index is -0.237. The minimum Gasteiger partial charge on any atom is -0.321 e. The standard InChI is InChI=1S/C15H16ClN3OS/c1-3-6-12-10(9-17-15(19-12)21-2)14(20)18-13-8-5-4-7-11(13)16/h4-5,7-9H,3,6H2,1-2H3,(H,18,20). The number of aryl methyl sites for hydroxylation is 1. The lowest BCUT2D eigenvalue weighted by Crippen LogP contribution is -2.16. The molecule has 2 rings (SSSR count). The highest BCUT2D eigenvalue weighted by atomic mass is 35.5. The van der Waals surface area contributed by atoms with Gasteiger partial charge in [-0.25, -0.2) is 9.97 Å². The lowest BCUT2D eigenvalue weighted by Gasteiger charge is -2.10. The van der Waals surface area contributed by atoms with Gasteiger partial charge in [0.25, 0.3) is 5.91 Å². The van der Waals surface area contributed by atoms with Crippen LogP contribution in [-0.4, -0.2) is 22.1 Å². The van der Waals surface area contributed by atoms with Crippen LogP contribution < -0.4 is 5.32 Å². The number of hydrogen-bond acceptors (Lipinski definition) is 4. The fraction of sp³-hybridized carbons (Fsp3) is 0.267. The first-order chi connectivity index (χ1) is 10.2. The predicted octanol–water partition coefficient (Wildman–Crippen LogP) is 4.06. The van der Waals surface area contributed by atoms with Crippen LogP contribution in [0.3, 0.4) is 0 Å². The first-order valence-electron chi connectivity index (χ1n) is 6.61. The van der Waals surface area contributed by atoms with Crippen LogP contribution in [0.2, 0.25) is 5.02 Å². The summed E-state index contributed by atoms with van der Waals surface area (Å²) in [6.45, 7) is 2.05. The third-order valence-electron chi connectivity index (χ3n) is 2.88. The molecule has 1 amide bonds. The van der Waals surface area contributed by atoms with E-state index in [0.717, 1.165) is 18.5 Å². The fourth-order valence-corrected chi connectivity index (χ4v) is 2.41. The molecule has 0 atom stereocenters. The quantitative estimate of drug-likeness (QED) is 0.666. The number of para-hydroxylation sites is 1. The van der Waals surface area contributed by atoms with Gasteiger partial charge in [-0.3, -0.25) is 4.79 Å². The van der Waals surface area contributed by atoms with Gasteiger partial charge in [0.1, 0.15) is 0 Å². The predicted molar refractivity (Wildman–Crippen MR) is 87.2 cm³/mol. The zero-order valence-electron chi connectivity index (χ0n) is 11.9. The number of rotatable bonds is 5. The molecular formula is C15H16ClN3OS. The summed E-state index contributed by atoms with van der Waals surface area (Å²) < 4.78 is 0. The maximum atomic E-state index is 12.4. The summed E-state index contributed by atoms with van der Waals surface area (Å²) in [5.41, 5.74) is 1.84. The van der Waals surface area contributed by atoms with Crippen LogP contribution >= 0.6 is 23.4 Å². The van der Waals surface area contributed by atoms with E-state index in [1.54, 1.807) is 18.3 Å². The van der Waals surface area contributed by atoms with E-state index in [9.17, 15) is 4.79 Å². The molecule has 0 unspecified atom stereocenters. The van der Waals surface area contributed by atoms with Gasteiger partial charge in [0.05, 0.1) is 22.0 Å². The van der Waals surface area contributed by atoms with Crippen molar-refractivity contribution in [3.8, 4) is 0 Å². The van der Waals surface area contributed by atoms with Gasteiger partial charge >= 0.3 is 0 Å². The number of thioether (sulfide) groups is 1. The summed E-state index contributed by atoms with van der Waals surface area (Å²) in [4.78, 5) is 21.0. The molecule has 21 heavy (non-hydrogen) atoms. The number of aromatic nitrogens is 2. The van der Waals surface area contributed by atoms with Crippen molar-refractivity contribution in [2.45, 2.75) is 24.9 Å². The number of hydrogen-bond donors (Lipinski definition) is 1. The average Bonchev–Trinajstić information content (AvgIpc) is 2.49. The molecule has 1 heterocycles. The van der Waals surface area contributed by atoms with Gasteiger partial charge in [-0.2, -0.15) is 0 Å². The van der Waals surface area contributed by atoms with Crippen molar-refractivity contribution >= 4 is 35.0 Å². The van der Waals surface area contributed by atoms with Crippen molar-refractivity contribution in [1.29, 1.82) is 0 Å². The van der Waals surface area contributed by atoms with E-state index in [1.807, 2.05) is 18.4 Å². The average molecular weight is 322 g/mol. The second kappa shape index (κ2) is 7.43. The molecule has 0 bridgehead atoms. The number of halogens is 1. The lowest BCUT2D eigenvalue weighted by atomic mass is 10.1. The van der Waals surface area contributed by atoms with Gasteiger partial charge < -0.3 is 5.32 Å². The molecule has 0 spiro atoms. The first kappa shape index (κ1) is 15.8. The smallest absolute Gasteiger partial charge is 0.259 e. The summed E-state index contributed by atoms with van der Waals surface area (Å²) in [5.74, 6) is -0.237. The van der Waals surface area contributed by atoms with Crippen molar-refractivity contribution in [3.63, 3.8) is 0 Å². The molecule has 0 saturated heterocycles. The third kappa shape index (κ3) is 3.95. The Labute approximate surface area is 133 Å². The van der Waals surface area contributed by atoms with Gasteiger partial charge in [0, 0.05) is 6.20 Å². The number of nitrogens with one attached hydrogen (secondary N) is 1. The maximum absolute atomic E-state index is 12.4. The number of nitrogens with zero attached hydrogens (tertiary/aromatic N) is 2. The summed E-state index contributed by atoms with van der Waals surface area (Å²) in [7, 11) is 0. The van der Waals surface area contributed by atoms with Gasteiger partial charge in [-0.15, -0.1) is 0 Å². The van der Waals surface area contributed by atoms with E-state index >= 15 is 0 Å². The van der Waals surface area contributed by atoms with Crippen LogP contribution in [-0.2, 0) is 6.42 Å². The molecule has 6 heteroatoms. The van der Waals surface area contributed by atoms with E-state index in [1.165, 1.54) is 11.8 Å². The van der Waals surface area contributed by atoms with Crippen molar-refractivity contribution in [2.24, 2.45) is 0 Å². The molecule has 0 aliphatic carbocycles. The Bertz CT molecular complexity index is 649. The zero-order chi connectivity index (χ0) is 15.2. The Morgan fingerprint density at radius 1 is 1.38 bits per heavy atom. The van der Waals surface area contributed by atoms with Crippen molar-refractivity contribution < 1.29 is 4.79 Å². The Morgan fingerprint density at radius 2 is 2.14 bits per heavy atom. The third-order valence-corrected chi connectivity index (χ3v) is 3.77. The summed E-state index contributed by atoms with van der Waals surface area (Å²) in [5, 5.41) is 3.98. The summed E-state index contributed by atoms with van der Waals surface area (Å²) in [6.07, 6.45) is 5.14. The molecule has 2 aromatic rings. The van der Waals surface area contributed by atoms with Crippen LogP contribution in [0.1, 0.15) is 29.4 Å². The van der Waals surface area contributed by atoms with Gasteiger partial charge in [0.2, 0.25) is 0 Å². The molecule has 0 radical (unpaired) electrons. The molecule has 1 N–H and O–H groups in total. The Balaban J connectivity index is 2.28. The molecule has 0 saturated carbocycles. The lowest BCUT2D eigenvalue weighted by molar-refractivity contribution is 0.102. The second-order valence-corrected chi connectivity index (χ2v) is 5.58. The molecule has 1 aromatic carbocycles. The molecule has 0 aliphatic heterocycles. The maximum Gasteiger partial charge on any atom is 0.259 e. The van der Waals surface area contributed by atoms with Crippen LogP contribution in [0.4, 0.5) is 5.69 Å². The second-order valence-electron chi connectivity index (χ2n) is 4.40. The molecular weight excluding hydrogens is 306 g/mol. The Morgan fingerprint density at radius 3 is 2.81 bits per heavy atom. The van der Waals surface area contributed by atoms with Crippen molar-refractivity contribution in [3.05, 3.63) is 46.7 Å². The number of carbonyl (C=O) groups excluding carboxylic acids is 1. The highest BCUT2D eigenvalue weighted by Crippen LogP contribution is 2.22. The Hall–Kier alpha value is -1.59. The highest BCUT2D eigenvalue weighted by Gasteiger charge is 2.15. The summed E-state index contributed by atoms with van der Waals surface area (Å²) >= 11 is 7.52. The monoisotopic (exact) mass is 321 g/mol. The topological polar surface area (TPSA) is 54.9 Å². The largest absolute Gasteiger partial charge is 0.321 e. The molecule has 0 aliphatic rings. The van der Waals surface area contributed by atoms with E-state index in [2.05, 4.69) is 22.2 Å². The SMILES string of the molecule is CCCc1nc(SC)ncc1C(=O)Nc1ccccc1Cl. The number of carbonyl (C=O) groups is 1. The number of benzene rings is 1. The van der Waals surface area contributed by atoms with Crippen molar-refractivity contribution in [2.75, 3.05) is 11.6 Å². The van der Waals surface area contributed by atoms with Crippen LogP contribution in [0.5, 0.6) is 0 Å². The van der Waals surface area contributed by atoms with Crippen LogP contribution in [0.25, 0.3) is 0 Å². The van der Waals surface area contributed by atoms with Gasteiger partial charge in [0.15, 0.2) is 5.16 Å². The van der Waals surface area contributed by atoms with Crippen LogP contribution in [0.15, 0.2) is 35.6 Å². The van der Waals surface area contributed by atoms with Gasteiger partial charge in [-0.05, 0) is 24.8 Å². The van der Waals surface area contributed by atoms with Gasteiger partial charge in [-0.1, -0.05) is 48.8 Å². The zero-order valence-corrected chi connectivity index (χ0v) is 13.5. The first-order valence-corrected chi connectivity index (χ1v) is 8.21. The minimum absolute atomic E-state index is 0.237. The van der Waals surface area contributed by atoms with E-state index in [-0.39, 0.29) is 5.91 Å². The molecule has 110 valence electrons. The van der Waals surface area contributed by atoms with Crippen molar-refractivity contribution in [1.82, 2.24) is 9.97 Å². The fourth-order valence-electron chi connectivity index (χ4n) is 1.87. The Kier molecular flexibility index (Phi) is 5.59. The normalized spacial score (nSPS) is 10.4. The number of anilines is 1. The molecule has 1 aromatic heterocycles. The molecule has 0 fully saturated rings. The van der Waals surface area contributed by atoms with Crippen LogP contribution in [0, 0.1) is 0 Å². The van der Waals surface area contributed by atoms with E-state index < -0.39 is 0 Å². The highest BCUT2D eigenvalue weighted by molar-refractivity contribution is 7.98. The van der Waals surface area contributed by atoms with E-state index in [4.69, 9.17) is 11.6 Å².